The Morgan fingerprint density at radius 1 is 1.32 bits per heavy atom. The Labute approximate surface area is 151 Å². The fourth-order valence-corrected chi connectivity index (χ4v) is 4.67. The molecule has 1 aliphatic heterocycles. The minimum absolute atomic E-state index is 0.115. The van der Waals surface area contributed by atoms with E-state index in [-0.39, 0.29) is 15.9 Å². The van der Waals surface area contributed by atoms with Crippen LogP contribution < -0.4 is 4.72 Å². The summed E-state index contributed by atoms with van der Waals surface area (Å²) < 4.78 is 27.6. The second-order valence-corrected chi connectivity index (χ2v) is 8.84. The normalized spacial score (nSPS) is 14.2. The van der Waals surface area contributed by atoms with Crippen LogP contribution in [0.5, 0.6) is 0 Å². The molecule has 1 N–H and O–H groups in total. The average molecular weight is 380 g/mol. The van der Waals surface area contributed by atoms with Gasteiger partial charge in [-0.1, -0.05) is 24.3 Å². The number of nitrogens with one attached hydrogen (secondary N) is 1. The molecular weight excluding hydrogens is 360 g/mol. The summed E-state index contributed by atoms with van der Waals surface area (Å²) in [6.45, 7) is 4.87. The SMILES string of the molecule is CCCC(=O)N1CCc2ccc(S(=O)(=O)Nc3nnc(C)s3)cc2C1. The van der Waals surface area contributed by atoms with Gasteiger partial charge >= 0.3 is 0 Å². The second-order valence-electron chi connectivity index (χ2n) is 5.98. The van der Waals surface area contributed by atoms with Crippen LogP contribution in [-0.2, 0) is 27.8 Å². The van der Waals surface area contributed by atoms with Crippen LogP contribution in [0.4, 0.5) is 5.13 Å². The molecule has 134 valence electrons. The minimum atomic E-state index is -3.73. The molecule has 0 saturated heterocycles. The summed E-state index contributed by atoms with van der Waals surface area (Å²) >= 11 is 1.18. The zero-order valence-corrected chi connectivity index (χ0v) is 15.8. The molecule has 1 aliphatic rings. The van der Waals surface area contributed by atoms with Gasteiger partial charge in [-0.25, -0.2) is 8.42 Å². The van der Waals surface area contributed by atoms with Crippen LogP contribution in [0.2, 0.25) is 0 Å². The lowest BCUT2D eigenvalue weighted by Crippen LogP contribution is -2.35. The van der Waals surface area contributed by atoms with E-state index >= 15 is 0 Å². The highest BCUT2D eigenvalue weighted by Gasteiger charge is 2.23. The number of rotatable bonds is 5. The average Bonchev–Trinajstić information content (AvgIpc) is 2.98. The van der Waals surface area contributed by atoms with Gasteiger partial charge in [0.25, 0.3) is 10.0 Å². The first-order valence-electron chi connectivity index (χ1n) is 8.11. The molecule has 1 aromatic carbocycles. The number of benzene rings is 1. The van der Waals surface area contributed by atoms with Crippen LogP contribution in [0.15, 0.2) is 23.1 Å². The van der Waals surface area contributed by atoms with Crippen molar-refractivity contribution in [3.05, 3.63) is 34.3 Å². The first-order chi connectivity index (χ1) is 11.9. The van der Waals surface area contributed by atoms with E-state index in [0.29, 0.717) is 24.5 Å². The standard InChI is InChI=1S/C16H20N4O3S2/c1-3-4-15(21)20-8-7-12-5-6-14(9-13(12)10-20)25(22,23)19-16-18-17-11(2)24-16/h5-6,9H,3-4,7-8,10H2,1-2H3,(H,18,19). The van der Waals surface area contributed by atoms with Gasteiger partial charge < -0.3 is 4.90 Å². The summed E-state index contributed by atoms with van der Waals surface area (Å²) in [5.41, 5.74) is 1.97. The molecule has 25 heavy (non-hydrogen) atoms. The fraction of sp³-hybridized carbons (Fsp3) is 0.438. The van der Waals surface area contributed by atoms with Gasteiger partial charge in [0.1, 0.15) is 5.01 Å². The van der Waals surface area contributed by atoms with E-state index in [1.54, 1.807) is 24.0 Å². The third kappa shape index (κ3) is 3.98. The number of carbonyl (C=O) groups excluding carboxylic acids is 1. The highest BCUT2D eigenvalue weighted by atomic mass is 32.2. The Morgan fingerprint density at radius 3 is 2.80 bits per heavy atom. The van der Waals surface area contributed by atoms with Crippen molar-refractivity contribution in [2.75, 3.05) is 11.3 Å². The Bertz CT molecular complexity index is 893. The summed E-state index contributed by atoms with van der Waals surface area (Å²) in [6, 6.07) is 5.08. The molecule has 0 spiro atoms. The number of hydrogen-bond donors (Lipinski definition) is 1. The van der Waals surface area contributed by atoms with Crippen LogP contribution in [-0.4, -0.2) is 36.0 Å². The number of aromatic nitrogens is 2. The van der Waals surface area contributed by atoms with Gasteiger partial charge in [-0.2, -0.15) is 0 Å². The summed E-state index contributed by atoms with van der Waals surface area (Å²) in [7, 11) is -3.73. The van der Waals surface area contributed by atoms with Crippen molar-refractivity contribution in [3.63, 3.8) is 0 Å². The topological polar surface area (TPSA) is 92.3 Å². The predicted octanol–water partition coefficient (Wildman–Crippen LogP) is 2.33. The highest BCUT2D eigenvalue weighted by Crippen LogP contribution is 2.25. The summed E-state index contributed by atoms with van der Waals surface area (Å²) in [6.07, 6.45) is 2.07. The van der Waals surface area contributed by atoms with E-state index in [1.807, 2.05) is 13.0 Å². The number of carbonyl (C=O) groups is 1. The van der Waals surface area contributed by atoms with Gasteiger partial charge in [0.15, 0.2) is 0 Å². The van der Waals surface area contributed by atoms with Crippen LogP contribution in [0.3, 0.4) is 0 Å². The number of amides is 1. The van der Waals surface area contributed by atoms with E-state index in [0.717, 1.165) is 24.0 Å². The van der Waals surface area contributed by atoms with E-state index < -0.39 is 10.0 Å². The van der Waals surface area contributed by atoms with Gasteiger partial charge in [-0.15, -0.1) is 10.2 Å². The monoisotopic (exact) mass is 380 g/mol. The van der Waals surface area contributed by atoms with Crippen molar-refractivity contribution >= 4 is 32.4 Å². The van der Waals surface area contributed by atoms with Crippen molar-refractivity contribution in [3.8, 4) is 0 Å². The molecule has 0 unspecified atom stereocenters. The Balaban J connectivity index is 1.83. The molecule has 1 amide bonds. The lowest BCUT2D eigenvalue weighted by molar-refractivity contribution is -0.132. The quantitative estimate of drug-likeness (QED) is 0.859. The third-order valence-electron chi connectivity index (χ3n) is 4.06. The Kier molecular flexibility index (Phi) is 5.05. The van der Waals surface area contributed by atoms with Gasteiger partial charge in [-0.05, 0) is 43.0 Å². The van der Waals surface area contributed by atoms with Gasteiger partial charge in [0, 0.05) is 19.5 Å². The van der Waals surface area contributed by atoms with Gasteiger partial charge in [0.05, 0.1) is 4.90 Å². The lowest BCUT2D eigenvalue weighted by atomic mass is 9.99. The lowest BCUT2D eigenvalue weighted by Gasteiger charge is -2.29. The molecule has 0 saturated carbocycles. The molecule has 1 aromatic heterocycles. The van der Waals surface area contributed by atoms with E-state index in [4.69, 9.17) is 0 Å². The molecule has 0 aliphatic carbocycles. The molecule has 7 nitrogen and oxygen atoms in total. The van der Waals surface area contributed by atoms with Gasteiger partial charge in [-0.3, -0.25) is 9.52 Å². The molecular formula is C16H20N4O3S2. The highest BCUT2D eigenvalue weighted by molar-refractivity contribution is 7.93. The number of anilines is 1. The molecule has 0 radical (unpaired) electrons. The molecule has 3 rings (SSSR count). The molecule has 0 bridgehead atoms. The first-order valence-corrected chi connectivity index (χ1v) is 10.4. The van der Waals surface area contributed by atoms with Crippen molar-refractivity contribution < 1.29 is 13.2 Å². The zero-order chi connectivity index (χ0) is 18.0. The smallest absolute Gasteiger partial charge is 0.263 e. The Hall–Kier alpha value is -2.00. The van der Waals surface area contributed by atoms with Crippen LogP contribution in [0.25, 0.3) is 0 Å². The van der Waals surface area contributed by atoms with Crippen molar-refractivity contribution in [2.45, 2.75) is 44.6 Å². The maximum Gasteiger partial charge on any atom is 0.263 e. The van der Waals surface area contributed by atoms with Crippen molar-refractivity contribution in [1.82, 2.24) is 15.1 Å². The molecule has 9 heteroatoms. The van der Waals surface area contributed by atoms with Gasteiger partial charge in [0.2, 0.25) is 11.0 Å². The van der Waals surface area contributed by atoms with Crippen molar-refractivity contribution in [2.24, 2.45) is 0 Å². The second kappa shape index (κ2) is 7.09. The fourth-order valence-electron chi connectivity index (χ4n) is 2.80. The van der Waals surface area contributed by atoms with E-state index in [9.17, 15) is 13.2 Å². The van der Waals surface area contributed by atoms with Crippen LogP contribution in [0, 0.1) is 6.92 Å². The number of hydrogen-bond acceptors (Lipinski definition) is 6. The molecule has 2 heterocycles. The minimum Gasteiger partial charge on any atom is -0.338 e. The number of fused-ring (bicyclic) bond motifs is 1. The maximum absolute atomic E-state index is 12.6. The molecule has 2 aromatic rings. The van der Waals surface area contributed by atoms with E-state index in [1.165, 1.54) is 11.3 Å². The van der Waals surface area contributed by atoms with E-state index in [2.05, 4.69) is 14.9 Å². The largest absolute Gasteiger partial charge is 0.338 e. The molecule has 0 fully saturated rings. The van der Waals surface area contributed by atoms with Crippen LogP contribution in [0.1, 0.15) is 35.9 Å². The summed E-state index contributed by atoms with van der Waals surface area (Å²) in [5, 5.41) is 8.54. The Morgan fingerprint density at radius 2 is 2.12 bits per heavy atom. The zero-order valence-electron chi connectivity index (χ0n) is 14.2. The van der Waals surface area contributed by atoms with Crippen LogP contribution >= 0.6 is 11.3 Å². The number of aryl methyl sites for hydroxylation is 1. The number of nitrogens with zero attached hydrogens (tertiary/aromatic N) is 3. The first kappa shape index (κ1) is 17.8. The third-order valence-corrected chi connectivity index (χ3v) is 6.28. The predicted molar refractivity (Wildman–Crippen MR) is 95.9 cm³/mol. The molecule has 0 atom stereocenters. The number of sulfonamides is 1. The maximum atomic E-state index is 12.6. The summed E-state index contributed by atoms with van der Waals surface area (Å²) in [4.78, 5) is 14.1. The summed E-state index contributed by atoms with van der Waals surface area (Å²) in [5.74, 6) is 0.115. The van der Waals surface area contributed by atoms with Crippen molar-refractivity contribution in [1.29, 1.82) is 0 Å².